The minimum atomic E-state index is -1.41. The van der Waals surface area contributed by atoms with E-state index >= 15 is 0 Å². The van der Waals surface area contributed by atoms with E-state index in [1.54, 1.807) is 45.2 Å². The highest BCUT2D eigenvalue weighted by Gasteiger charge is 2.49. The minimum absolute atomic E-state index is 0.000319. The molecule has 0 saturated heterocycles. The van der Waals surface area contributed by atoms with Crippen molar-refractivity contribution >= 4 is 23.5 Å². The number of amides is 2. The molecule has 1 atom stereocenters. The summed E-state index contributed by atoms with van der Waals surface area (Å²) < 4.78 is 22.7. The van der Waals surface area contributed by atoms with Crippen LogP contribution in [-0.4, -0.2) is 53.6 Å². The summed E-state index contributed by atoms with van der Waals surface area (Å²) in [6.45, 7) is 3.76. The minimum Gasteiger partial charge on any atom is -0.496 e. The molecule has 0 fully saturated rings. The van der Waals surface area contributed by atoms with Gasteiger partial charge in [-0.3, -0.25) is 19.2 Å². The molecular formula is C26H26N4O7. The second-order valence-electron chi connectivity index (χ2n) is 8.74. The molecule has 192 valence electrons. The number of methoxy groups -OCH3 is 1. The fraction of sp³-hybridized carbons (Fsp3) is 0.308. The molecule has 0 aliphatic carbocycles. The van der Waals surface area contributed by atoms with Gasteiger partial charge in [-0.1, -0.05) is 18.2 Å². The van der Waals surface area contributed by atoms with Gasteiger partial charge >= 0.3 is 5.97 Å². The van der Waals surface area contributed by atoms with Crippen LogP contribution in [0.1, 0.15) is 40.4 Å². The van der Waals surface area contributed by atoms with Gasteiger partial charge in [-0.05, 0) is 32.0 Å². The molecule has 3 aromatic rings. The van der Waals surface area contributed by atoms with Gasteiger partial charge in [0.2, 0.25) is 12.7 Å². The second kappa shape index (κ2) is 9.49. The number of benzene rings is 2. The van der Waals surface area contributed by atoms with E-state index in [4.69, 9.17) is 18.9 Å². The lowest BCUT2D eigenvalue weighted by molar-refractivity contribution is -0.126. The summed E-state index contributed by atoms with van der Waals surface area (Å²) in [5.41, 5.74) is -0.0276. The third-order valence-electron chi connectivity index (χ3n) is 6.37. The number of carbonyl (C=O) groups excluding carboxylic acids is 3. The largest absolute Gasteiger partial charge is 0.496 e. The van der Waals surface area contributed by atoms with Crippen LogP contribution in [0.15, 0.2) is 48.5 Å². The number of nitrogens with zero attached hydrogens (tertiary/aromatic N) is 3. The Kier molecular flexibility index (Phi) is 6.20. The summed E-state index contributed by atoms with van der Waals surface area (Å²) in [6.07, 6.45) is 0. The fourth-order valence-electron chi connectivity index (χ4n) is 4.53. The number of ether oxygens (including phenoxy) is 4. The summed E-state index contributed by atoms with van der Waals surface area (Å²) >= 11 is 0. The molecule has 0 bridgehead atoms. The van der Waals surface area contributed by atoms with E-state index in [1.165, 1.54) is 15.6 Å². The molecule has 1 N–H and O–H groups in total. The average molecular weight is 507 g/mol. The zero-order valence-electron chi connectivity index (χ0n) is 20.6. The Hall–Kier alpha value is -4.54. The summed E-state index contributed by atoms with van der Waals surface area (Å²) in [7, 11) is 1.56. The van der Waals surface area contributed by atoms with Crippen molar-refractivity contribution in [3.05, 3.63) is 65.5 Å². The summed E-state index contributed by atoms with van der Waals surface area (Å²) in [6, 6.07) is 13.8. The van der Waals surface area contributed by atoms with Gasteiger partial charge in [0.1, 0.15) is 17.0 Å². The maximum atomic E-state index is 13.8. The molecule has 37 heavy (non-hydrogen) atoms. The Morgan fingerprint density at radius 1 is 1.14 bits per heavy atom. The molecule has 2 aliphatic heterocycles. The van der Waals surface area contributed by atoms with Gasteiger partial charge in [-0.2, -0.15) is 5.10 Å². The number of rotatable bonds is 7. The van der Waals surface area contributed by atoms with E-state index < -0.39 is 23.3 Å². The Morgan fingerprint density at radius 3 is 2.70 bits per heavy atom. The first-order chi connectivity index (χ1) is 17.9. The normalized spacial score (nSPS) is 17.8. The van der Waals surface area contributed by atoms with Crippen molar-refractivity contribution in [1.82, 2.24) is 15.1 Å². The summed E-state index contributed by atoms with van der Waals surface area (Å²) in [5, 5.41) is 7.21. The predicted octanol–water partition coefficient (Wildman–Crippen LogP) is 2.53. The van der Waals surface area contributed by atoms with Gasteiger partial charge in [0.25, 0.3) is 5.91 Å². The van der Waals surface area contributed by atoms with E-state index in [1.807, 2.05) is 18.2 Å². The summed E-state index contributed by atoms with van der Waals surface area (Å²) in [5.74, 6) is 0.0906. The first kappa shape index (κ1) is 24.2. The fourth-order valence-corrected chi connectivity index (χ4v) is 4.53. The molecule has 3 heterocycles. The number of para-hydroxylation sites is 1. The van der Waals surface area contributed by atoms with Crippen molar-refractivity contribution in [3.63, 3.8) is 0 Å². The highest BCUT2D eigenvalue weighted by molar-refractivity contribution is 6.12. The van der Waals surface area contributed by atoms with Crippen LogP contribution in [0.5, 0.6) is 17.2 Å². The summed E-state index contributed by atoms with van der Waals surface area (Å²) in [4.78, 5) is 41.3. The first-order valence-corrected chi connectivity index (χ1v) is 11.7. The van der Waals surface area contributed by atoms with Gasteiger partial charge < -0.3 is 24.3 Å². The van der Waals surface area contributed by atoms with Crippen LogP contribution in [0.25, 0.3) is 0 Å². The van der Waals surface area contributed by atoms with Gasteiger partial charge in [0.05, 0.1) is 20.3 Å². The van der Waals surface area contributed by atoms with Crippen LogP contribution in [0.2, 0.25) is 0 Å². The Morgan fingerprint density at radius 2 is 1.92 bits per heavy atom. The average Bonchev–Trinajstić information content (AvgIpc) is 3.54. The maximum Gasteiger partial charge on any atom is 0.358 e. The van der Waals surface area contributed by atoms with E-state index in [9.17, 15) is 14.4 Å². The molecule has 0 spiro atoms. The number of fused-ring (bicyclic) bond motifs is 2. The molecule has 0 saturated carbocycles. The molecule has 5 rings (SSSR count). The molecule has 0 radical (unpaired) electrons. The van der Waals surface area contributed by atoms with E-state index in [0.717, 1.165) is 5.56 Å². The van der Waals surface area contributed by atoms with Crippen LogP contribution in [0.4, 0.5) is 5.69 Å². The maximum absolute atomic E-state index is 13.8. The van der Waals surface area contributed by atoms with E-state index in [0.29, 0.717) is 22.9 Å². The molecule has 2 amide bonds. The first-order valence-electron chi connectivity index (χ1n) is 11.7. The van der Waals surface area contributed by atoms with Crippen LogP contribution in [0, 0.1) is 0 Å². The van der Waals surface area contributed by atoms with E-state index in [-0.39, 0.29) is 37.9 Å². The van der Waals surface area contributed by atoms with Crippen LogP contribution < -0.4 is 24.4 Å². The molecule has 2 aromatic carbocycles. The number of nitrogens with one attached hydrogen (secondary N) is 1. The Balaban J connectivity index is 1.53. The molecule has 0 unspecified atom stereocenters. The number of aromatic nitrogens is 2. The molecular weight excluding hydrogens is 480 g/mol. The Labute approximate surface area is 212 Å². The number of hydrogen-bond donors (Lipinski definition) is 1. The lowest BCUT2D eigenvalue weighted by Crippen LogP contribution is -2.64. The molecule has 11 nitrogen and oxygen atoms in total. The smallest absolute Gasteiger partial charge is 0.358 e. The quantitative estimate of drug-likeness (QED) is 0.486. The number of carbonyl (C=O) groups is 3. The number of hydrogen-bond acceptors (Lipinski definition) is 8. The highest BCUT2D eigenvalue weighted by Crippen LogP contribution is 2.40. The van der Waals surface area contributed by atoms with Crippen molar-refractivity contribution in [1.29, 1.82) is 0 Å². The number of esters is 1. The predicted molar refractivity (Wildman–Crippen MR) is 131 cm³/mol. The topological polar surface area (TPSA) is 121 Å². The molecule has 2 aliphatic rings. The number of anilines is 1. The van der Waals surface area contributed by atoms with Gasteiger partial charge in [-0.25, -0.2) is 4.79 Å². The highest BCUT2D eigenvalue weighted by atomic mass is 16.7. The Bertz CT molecular complexity index is 1380. The lowest BCUT2D eigenvalue weighted by Gasteiger charge is -2.43. The second-order valence-corrected chi connectivity index (χ2v) is 8.74. The monoisotopic (exact) mass is 506 g/mol. The van der Waals surface area contributed by atoms with Crippen LogP contribution in [-0.2, 0) is 22.6 Å². The van der Waals surface area contributed by atoms with Crippen LogP contribution >= 0.6 is 0 Å². The third-order valence-corrected chi connectivity index (χ3v) is 6.37. The standard InChI is InChI=1S/C26H26N4O7/c1-4-35-24(32)18-12-19-23(31)30(17-9-10-21-22(11-17)37-15-36-21)26(2,14-29(19)28-18)25(33)27-13-16-7-5-6-8-20(16)34-3/h5-12H,4,13-15H2,1-3H3,(H,27,33)/t26-/m0/s1. The lowest BCUT2D eigenvalue weighted by atomic mass is 9.93. The van der Waals surface area contributed by atoms with Crippen molar-refractivity contribution in [2.24, 2.45) is 0 Å². The third kappa shape index (κ3) is 4.22. The van der Waals surface area contributed by atoms with E-state index in [2.05, 4.69) is 10.4 Å². The zero-order valence-corrected chi connectivity index (χ0v) is 20.6. The van der Waals surface area contributed by atoms with Crippen molar-refractivity contribution in [2.45, 2.75) is 32.5 Å². The zero-order chi connectivity index (χ0) is 26.2. The van der Waals surface area contributed by atoms with Crippen molar-refractivity contribution in [3.8, 4) is 17.2 Å². The molecule has 11 heteroatoms. The SMILES string of the molecule is CCOC(=O)c1cc2n(n1)C[C@@](C)(C(=O)NCc1ccccc1OC)N(c1ccc3c(c1)OCO3)C2=O. The van der Waals surface area contributed by atoms with Crippen molar-refractivity contribution < 1.29 is 33.3 Å². The van der Waals surface area contributed by atoms with Crippen molar-refractivity contribution in [2.75, 3.05) is 25.4 Å². The molecule has 1 aromatic heterocycles. The van der Waals surface area contributed by atoms with Crippen LogP contribution in [0.3, 0.4) is 0 Å². The van der Waals surface area contributed by atoms with Gasteiger partial charge in [0.15, 0.2) is 17.2 Å². The van der Waals surface area contributed by atoms with Gasteiger partial charge in [-0.15, -0.1) is 0 Å². The van der Waals surface area contributed by atoms with Gasteiger partial charge in [0, 0.05) is 29.9 Å².